The van der Waals surface area contributed by atoms with Crippen LogP contribution in [0.15, 0.2) is 28.7 Å². The monoisotopic (exact) mass is 381 g/mol. The zero-order chi connectivity index (χ0) is 16.7. The number of nitrogens with zero attached hydrogens (tertiary/aromatic N) is 1. The van der Waals surface area contributed by atoms with Crippen molar-refractivity contribution in [3.8, 4) is 0 Å². The minimum Gasteiger partial charge on any atom is -0.338 e. The summed E-state index contributed by atoms with van der Waals surface area (Å²) >= 11 is 3.44. The van der Waals surface area contributed by atoms with Gasteiger partial charge in [-0.15, -0.1) is 0 Å². The maximum Gasteiger partial charge on any atom is 0.315 e. The molecular formula is C18H28BrN3O. The van der Waals surface area contributed by atoms with Crippen LogP contribution >= 0.6 is 15.9 Å². The lowest BCUT2D eigenvalue weighted by atomic mass is 10.1. The Kier molecular flexibility index (Phi) is 7.37. The zero-order valence-electron chi connectivity index (χ0n) is 14.1. The summed E-state index contributed by atoms with van der Waals surface area (Å²) in [4.78, 5) is 14.5. The number of rotatable bonds is 7. The smallest absolute Gasteiger partial charge is 0.315 e. The van der Waals surface area contributed by atoms with Crippen molar-refractivity contribution >= 4 is 22.0 Å². The highest BCUT2D eigenvalue weighted by atomic mass is 79.9. The van der Waals surface area contributed by atoms with Gasteiger partial charge in [-0.2, -0.15) is 0 Å². The van der Waals surface area contributed by atoms with Crippen LogP contribution in [0.3, 0.4) is 0 Å². The van der Waals surface area contributed by atoms with Gasteiger partial charge in [0.1, 0.15) is 0 Å². The van der Waals surface area contributed by atoms with Crippen molar-refractivity contribution in [1.82, 2.24) is 15.5 Å². The number of hydrogen-bond acceptors (Lipinski definition) is 2. The van der Waals surface area contributed by atoms with Crippen LogP contribution in [0.4, 0.5) is 4.79 Å². The first kappa shape index (κ1) is 18.3. The van der Waals surface area contributed by atoms with Gasteiger partial charge in [-0.25, -0.2) is 4.79 Å². The minimum absolute atomic E-state index is 0.0523. The number of carbonyl (C=O) groups excluding carboxylic acids is 1. The number of halogens is 1. The van der Waals surface area contributed by atoms with E-state index in [1.165, 1.54) is 31.5 Å². The number of carbonyl (C=O) groups is 1. The Labute approximate surface area is 148 Å². The molecule has 0 bridgehead atoms. The Morgan fingerprint density at radius 3 is 2.83 bits per heavy atom. The SMILES string of the molecule is CCCN1CCC(CNC(=O)NC(C)Cc2ccc(Br)cc2)C1. The predicted octanol–water partition coefficient (Wildman–Crippen LogP) is 3.41. The molecule has 1 aromatic rings. The zero-order valence-corrected chi connectivity index (χ0v) is 15.7. The second kappa shape index (κ2) is 9.28. The molecule has 1 aliphatic heterocycles. The van der Waals surface area contributed by atoms with Gasteiger partial charge in [0.25, 0.3) is 0 Å². The van der Waals surface area contributed by atoms with Crippen LogP contribution in [-0.4, -0.2) is 43.2 Å². The molecule has 0 aliphatic carbocycles. The molecule has 2 atom stereocenters. The Morgan fingerprint density at radius 2 is 2.13 bits per heavy atom. The molecule has 1 aromatic carbocycles. The van der Waals surface area contributed by atoms with Crippen molar-refractivity contribution in [1.29, 1.82) is 0 Å². The molecule has 1 heterocycles. The van der Waals surface area contributed by atoms with E-state index in [0.29, 0.717) is 5.92 Å². The van der Waals surface area contributed by atoms with Gasteiger partial charge >= 0.3 is 6.03 Å². The van der Waals surface area contributed by atoms with Gasteiger partial charge < -0.3 is 15.5 Å². The molecule has 1 fully saturated rings. The third-order valence-electron chi connectivity index (χ3n) is 4.29. The fourth-order valence-corrected chi connectivity index (χ4v) is 3.40. The summed E-state index contributed by atoms with van der Waals surface area (Å²) in [5.74, 6) is 0.592. The molecule has 1 aliphatic rings. The molecule has 1 saturated heterocycles. The number of likely N-dealkylation sites (tertiary alicyclic amines) is 1. The molecule has 0 spiro atoms. The normalized spacial score (nSPS) is 19.5. The molecule has 0 aromatic heterocycles. The van der Waals surface area contributed by atoms with Crippen LogP contribution < -0.4 is 10.6 Å². The summed E-state index contributed by atoms with van der Waals surface area (Å²) in [5.41, 5.74) is 1.23. The van der Waals surface area contributed by atoms with E-state index < -0.39 is 0 Å². The average molecular weight is 382 g/mol. The van der Waals surface area contributed by atoms with E-state index in [1.807, 2.05) is 19.1 Å². The quantitative estimate of drug-likeness (QED) is 0.759. The molecule has 128 valence electrons. The lowest BCUT2D eigenvalue weighted by molar-refractivity contribution is 0.235. The largest absolute Gasteiger partial charge is 0.338 e. The molecule has 0 saturated carbocycles. The van der Waals surface area contributed by atoms with E-state index in [1.54, 1.807) is 0 Å². The molecule has 2 unspecified atom stereocenters. The van der Waals surface area contributed by atoms with Crippen molar-refractivity contribution < 1.29 is 4.79 Å². The highest BCUT2D eigenvalue weighted by molar-refractivity contribution is 9.10. The Morgan fingerprint density at radius 1 is 1.39 bits per heavy atom. The Bertz CT molecular complexity index is 492. The van der Waals surface area contributed by atoms with Crippen molar-refractivity contribution in [2.24, 2.45) is 5.92 Å². The topological polar surface area (TPSA) is 44.4 Å². The van der Waals surface area contributed by atoms with E-state index in [2.05, 4.69) is 50.5 Å². The molecule has 4 nitrogen and oxygen atoms in total. The molecule has 23 heavy (non-hydrogen) atoms. The fraction of sp³-hybridized carbons (Fsp3) is 0.611. The predicted molar refractivity (Wildman–Crippen MR) is 98.7 cm³/mol. The third kappa shape index (κ3) is 6.51. The van der Waals surface area contributed by atoms with E-state index in [0.717, 1.165) is 24.0 Å². The first-order valence-electron chi connectivity index (χ1n) is 8.58. The molecule has 2 N–H and O–H groups in total. The van der Waals surface area contributed by atoms with Gasteiger partial charge in [0.2, 0.25) is 0 Å². The van der Waals surface area contributed by atoms with E-state index >= 15 is 0 Å². The van der Waals surface area contributed by atoms with Crippen LogP contribution in [0.25, 0.3) is 0 Å². The summed E-state index contributed by atoms with van der Waals surface area (Å²) in [6, 6.07) is 8.30. The fourth-order valence-electron chi connectivity index (χ4n) is 3.14. The van der Waals surface area contributed by atoms with Gasteiger partial charge in [0.05, 0.1) is 0 Å². The van der Waals surface area contributed by atoms with E-state index in [-0.39, 0.29) is 12.1 Å². The van der Waals surface area contributed by atoms with Crippen LogP contribution in [0, 0.1) is 5.92 Å². The van der Waals surface area contributed by atoms with Gasteiger partial charge in [0.15, 0.2) is 0 Å². The maximum absolute atomic E-state index is 12.0. The summed E-state index contributed by atoms with van der Waals surface area (Å²) < 4.78 is 1.08. The number of urea groups is 1. The van der Waals surface area contributed by atoms with E-state index in [4.69, 9.17) is 0 Å². The van der Waals surface area contributed by atoms with Crippen LogP contribution in [0.5, 0.6) is 0 Å². The second-order valence-electron chi connectivity index (χ2n) is 6.54. The minimum atomic E-state index is -0.0523. The van der Waals surface area contributed by atoms with Crippen LogP contribution in [0.1, 0.15) is 32.3 Å². The Balaban J connectivity index is 1.65. The molecule has 5 heteroatoms. The first-order chi connectivity index (χ1) is 11.1. The lowest BCUT2D eigenvalue weighted by Crippen LogP contribution is -2.43. The highest BCUT2D eigenvalue weighted by Gasteiger charge is 2.22. The van der Waals surface area contributed by atoms with E-state index in [9.17, 15) is 4.79 Å². The van der Waals surface area contributed by atoms with Gasteiger partial charge in [-0.1, -0.05) is 35.0 Å². The van der Waals surface area contributed by atoms with Crippen molar-refractivity contribution in [3.05, 3.63) is 34.3 Å². The highest BCUT2D eigenvalue weighted by Crippen LogP contribution is 2.15. The summed E-state index contributed by atoms with van der Waals surface area (Å²) in [7, 11) is 0. The van der Waals surface area contributed by atoms with Crippen molar-refractivity contribution in [2.45, 2.75) is 39.2 Å². The summed E-state index contributed by atoms with van der Waals surface area (Å²) in [6.45, 7) is 8.49. The first-order valence-corrected chi connectivity index (χ1v) is 9.37. The summed E-state index contributed by atoms with van der Waals surface area (Å²) in [6.07, 6.45) is 3.23. The summed E-state index contributed by atoms with van der Waals surface area (Å²) in [5, 5.41) is 6.06. The molecular weight excluding hydrogens is 354 g/mol. The van der Waals surface area contributed by atoms with Crippen LogP contribution in [0.2, 0.25) is 0 Å². The second-order valence-corrected chi connectivity index (χ2v) is 7.46. The number of amides is 2. The van der Waals surface area contributed by atoms with Crippen LogP contribution in [-0.2, 0) is 6.42 Å². The number of nitrogens with one attached hydrogen (secondary N) is 2. The van der Waals surface area contributed by atoms with Gasteiger partial charge in [-0.05, 0) is 62.9 Å². The van der Waals surface area contributed by atoms with Gasteiger partial charge in [0, 0.05) is 23.6 Å². The third-order valence-corrected chi connectivity index (χ3v) is 4.82. The molecule has 0 radical (unpaired) electrons. The lowest BCUT2D eigenvalue weighted by Gasteiger charge is -2.17. The average Bonchev–Trinajstić information content (AvgIpc) is 2.95. The number of benzene rings is 1. The molecule has 2 amide bonds. The van der Waals surface area contributed by atoms with Crippen molar-refractivity contribution in [3.63, 3.8) is 0 Å². The maximum atomic E-state index is 12.0. The number of hydrogen-bond donors (Lipinski definition) is 2. The van der Waals surface area contributed by atoms with Crippen molar-refractivity contribution in [2.75, 3.05) is 26.2 Å². The molecule has 2 rings (SSSR count). The van der Waals surface area contributed by atoms with Gasteiger partial charge in [-0.3, -0.25) is 0 Å². The standard InChI is InChI=1S/C18H28BrN3O/c1-3-9-22-10-8-16(13-22)12-20-18(23)21-14(2)11-15-4-6-17(19)7-5-15/h4-7,14,16H,3,8-13H2,1-2H3,(H2,20,21,23). The Hall–Kier alpha value is -1.07.